The van der Waals surface area contributed by atoms with Crippen LogP contribution in [0.2, 0.25) is 0 Å². The number of fused-ring (bicyclic) bond motifs is 1. The Bertz CT molecular complexity index is 1450. The number of imide groups is 1. The van der Waals surface area contributed by atoms with Crippen molar-refractivity contribution in [2.45, 2.75) is 59.0 Å². The predicted octanol–water partition coefficient (Wildman–Crippen LogP) is 2.82. The van der Waals surface area contributed by atoms with Crippen LogP contribution >= 0.6 is 0 Å². The highest BCUT2D eigenvalue weighted by atomic mass is 16.7. The van der Waals surface area contributed by atoms with E-state index in [4.69, 9.17) is 15.2 Å². The summed E-state index contributed by atoms with van der Waals surface area (Å²) in [6.07, 6.45) is 4.06. The number of anilines is 2. The Morgan fingerprint density at radius 2 is 1.95 bits per heavy atom. The van der Waals surface area contributed by atoms with E-state index in [0.29, 0.717) is 47.5 Å². The lowest BCUT2D eigenvalue weighted by atomic mass is 10.1. The first-order valence-corrected chi connectivity index (χ1v) is 13.0. The van der Waals surface area contributed by atoms with Gasteiger partial charge in [0.2, 0.25) is 6.79 Å². The van der Waals surface area contributed by atoms with Gasteiger partial charge < -0.3 is 25.8 Å². The number of nitrogens with one attached hydrogen (secondary N) is 2. The fraction of sp³-hybridized carbons (Fsp3) is 0.407. The highest BCUT2D eigenvalue weighted by Crippen LogP contribution is 2.32. The fourth-order valence-electron chi connectivity index (χ4n) is 4.03. The quantitative estimate of drug-likeness (QED) is 0.251. The second-order valence-electron chi connectivity index (χ2n) is 9.67. The number of aryl methyl sites for hydroxylation is 2. The molecule has 1 aromatic carbocycles. The third kappa shape index (κ3) is 6.20. The molecule has 1 fully saturated rings. The third-order valence-electron chi connectivity index (χ3n) is 6.43. The highest BCUT2D eigenvalue weighted by Gasteiger charge is 2.40. The molecule has 3 amide bonds. The molecule has 13 nitrogen and oxygen atoms in total. The number of hydrogen-bond acceptors (Lipinski definition) is 10. The van der Waals surface area contributed by atoms with Crippen molar-refractivity contribution in [2.75, 3.05) is 18.7 Å². The van der Waals surface area contributed by atoms with Crippen LogP contribution in [0, 0.1) is 13.8 Å². The molecule has 4 rings (SSSR count). The Morgan fingerprint density at radius 3 is 2.62 bits per heavy atom. The number of rotatable bonds is 10. The maximum atomic E-state index is 13.6. The first-order chi connectivity index (χ1) is 19.1. The SMILES string of the molecule is CCCNC(=O)c1ccc(C)c(Nc2ncnn3cc(C(=O)N(C(=O)OCOC(=O)C(C)N)C4CC4)c(C)c23)c1. The number of nitrogens with zero attached hydrogens (tertiary/aromatic N) is 4. The van der Waals surface area contributed by atoms with Gasteiger partial charge in [-0.15, -0.1) is 0 Å². The van der Waals surface area contributed by atoms with Crippen LogP contribution in [0.15, 0.2) is 30.7 Å². The van der Waals surface area contributed by atoms with E-state index in [1.165, 1.54) is 24.0 Å². The molecule has 3 aromatic rings. The van der Waals surface area contributed by atoms with Gasteiger partial charge in [-0.3, -0.25) is 14.4 Å². The molecule has 0 radical (unpaired) electrons. The minimum absolute atomic E-state index is 0.177. The van der Waals surface area contributed by atoms with Crippen LogP contribution in [-0.4, -0.2) is 68.8 Å². The standard InChI is InChI=1S/C27H33N7O6/c1-5-10-29-24(35)18-7-6-15(2)21(11-18)32-23-22-16(3)20(12-33(22)31-13-30-23)25(36)34(19-8-9-19)27(38)40-14-39-26(37)17(4)28/h6-7,11-13,17,19H,5,8-10,14,28H2,1-4H3,(H,29,35)(H,30,31,32). The van der Waals surface area contributed by atoms with E-state index < -0.39 is 30.8 Å². The average Bonchev–Trinajstić information content (AvgIpc) is 3.70. The summed E-state index contributed by atoms with van der Waals surface area (Å²) in [6.45, 7) is 6.98. The molecule has 1 atom stereocenters. The molecule has 40 heavy (non-hydrogen) atoms. The van der Waals surface area contributed by atoms with E-state index in [1.807, 2.05) is 19.9 Å². The lowest BCUT2D eigenvalue weighted by Crippen LogP contribution is -2.40. The predicted molar refractivity (Wildman–Crippen MR) is 145 cm³/mol. The number of aromatic nitrogens is 3. The zero-order chi connectivity index (χ0) is 29.0. The molecular weight excluding hydrogens is 518 g/mol. The van der Waals surface area contributed by atoms with Crippen LogP contribution in [0.3, 0.4) is 0 Å². The summed E-state index contributed by atoms with van der Waals surface area (Å²) in [4.78, 5) is 55.8. The molecule has 13 heteroatoms. The third-order valence-corrected chi connectivity index (χ3v) is 6.43. The lowest BCUT2D eigenvalue weighted by Gasteiger charge is -2.20. The van der Waals surface area contributed by atoms with Crippen LogP contribution in [0.1, 0.15) is 65.0 Å². The van der Waals surface area contributed by atoms with Gasteiger partial charge in [-0.05, 0) is 63.3 Å². The Labute approximate surface area is 231 Å². The first kappa shape index (κ1) is 28.5. The Kier molecular flexibility index (Phi) is 8.63. The van der Waals surface area contributed by atoms with Crippen molar-refractivity contribution >= 4 is 40.9 Å². The summed E-state index contributed by atoms with van der Waals surface area (Å²) in [5.41, 5.74) is 8.81. The van der Waals surface area contributed by atoms with Gasteiger partial charge in [-0.2, -0.15) is 5.10 Å². The smallest absolute Gasteiger partial charge is 0.419 e. The number of hydrogen-bond donors (Lipinski definition) is 3. The topological polar surface area (TPSA) is 170 Å². The molecular formula is C27H33N7O6. The molecule has 1 unspecified atom stereocenters. The largest absolute Gasteiger partial charge is 0.427 e. The number of esters is 1. The summed E-state index contributed by atoms with van der Waals surface area (Å²) in [6, 6.07) is 4.14. The molecule has 0 aliphatic heterocycles. The van der Waals surface area contributed by atoms with Gasteiger partial charge in [0.1, 0.15) is 17.9 Å². The Balaban J connectivity index is 1.59. The number of benzene rings is 1. The van der Waals surface area contributed by atoms with E-state index in [1.54, 1.807) is 19.1 Å². The monoisotopic (exact) mass is 551 g/mol. The van der Waals surface area contributed by atoms with Gasteiger partial charge in [-0.25, -0.2) is 19.2 Å². The van der Waals surface area contributed by atoms with Crippen molar-refractivity contribution in [3.8, 4) is 0 Å². The van der Waals surface area contributed by atoms with Crippen molar-refractivity contribution in [3.63, 3.8) is 0 Å². The average molecular weight is 552 g/mol. The van der Waals surface area contributed by atoms with E-state index >= 15 is 0 Å². The second-order valence-corrected chi connectivity index (χ2v) is 9.67. The molecule has 1 saturated carbocycles. The van der Waals surface area contributed by atoms with Crippen LogP contribution in [-0.2, 0) is 14.3 Å². The number of amides is 3. The van der Waals surface area contributed by atoms with E-state index in [9.17, 15) is 19.2 Å². The summed E-state index contributed by atoms with van der Waals surface area (Å²) < 4.78 is 11.4. The molecule has 1 aliphatic carbocycles. The van der Waals surface area contributed by atoms with Crippen LogP contribution in [0.4, 0.5) is 16.3 Å². The fourth-order valence-corrected chi connectivity index (χ4v) is 4.03. The Morgan fingerprint density at radius 1 is 1.20 bits per heavy atom. The summed E-state index contributed by atoms with van der Waals surface area (Å²) in [7, 11) is 0. The molecule has 1 aliphatic rings. The molecule has 0 bridgehead atoms. The van der Waals surface area contributed by atoms with E-state index in [-0.39, 0.29) is 17.5 Å². The van der Waals surface area contributed by atoms with E-state index in [0.717, 1.165) is 16.9 Å². The molecule has 4 N–H and O–H groups in total. The van der Waals surface area contributed by atoms with E-state index in [2.05, 4.69) is 20.7 Å². The summed E-state index contributed by atoms with van der Waals surface area (Å²) >= 11 is 0. The molecule has 2 aromatic heterocycles. The van der Waals surface area contributed by atoms with Gasteiger partial charge in [0.25, 0.3) is 11.8 Å². The van der Waals surface area contributed by atoms with Crippen molar-refractivity contribution in [2.24, 2.45) is 5.73 Å². The zero-order valence-electron chi connectivity index (χ0n) is 22.9. The minimum atomic E-state index is -0.919. The van der Waals surface area contributed by atoms with Crippen molar-refractivity contribution in [3.05, 3.63) is 53.0 Å². The van der Waals surface area contributed by atoms with Gasteiger partial charge in [0, 0.05) is 30.0 Å². The molecule has 0 spiro atoms. The van der Waals surface area contributed by atoms with Crippen molar-refractivity contribution < 1.29 is 28.7 Å². The Hall–Kier alpha value is -4.52. The molecule has 212 valence electrons. The molecule has 0 saturated heterocycles. The highest BCUT2D eigenvalue weighted by molar-refractivity contribution is 6.06. The van der Waals surface area contributed by atoms with Crippen LogP contribution in [0.5, 0.6) is 0 Å². The zero-order valence-corrected chi connectivity index (χ0v) is 22.9. The number of ether oxygens (including phenoxy) is 2. The molecule has 2 heterocycles. The lowest BCUT2D eigenvalue weighted by molar-refractivity contribution is -0.153. The van der Waals surface area contributed by atoms with Gasteiger partial charge in [0.05, 0.1) is 5.56 Å². The normalized spacial score (nSPS) is 13.4. The first-order valence-electron chi connectivity index (χ1n) is 13.0. The number of carbonyl (C=O) groups excluding carboxylic acids is 4. The van der Waals surface area contributed by atoms with Crippen LogP contribution < -0.4 is 16.4 Å². The summed E-state index contributed by atoms with van der Waals surface area (Å²) in [5, 5.41) is 10.4. The second kappa shape index (κ2) is 12.1. The minimum Gasteiger partial charge on any atom is -0.427 e. The van der Waals surface area contributed by atoms with Gasteiger partial charge >= 0.3 is 12.1 Å². The number of nitrogens with two attached hydrogens (primary N) is 1. The van der Waals surface area contributed by atoms with Crippen molar-refractivity contribution in [1.29, 1.82) is 0 Å². The van der Waals surface area contributed by atoms with Crippen molar-refractivity contribution in [1.82, 2.24) is 24.8 Å². The van der Waals surface area contributed by atoms with Gasteiger partial charge in [-0.1, -0.05) is 13.0 Å². The maximum Gasteiger partial charge on any atom is 0.419 e. The maximum absolute atomic E-state index is 13.6. The van der Waals surface area contributed by atoms with Gasteiger partial charge in [0.15, 0.2) is 5.82 Å². The number of carbonyl (C=O) groups is 4. The van der Waals surface area contributed by atoms with Crippen LogP contribution in [0.25, 0.3) is 5.52 Å². The summed E-state index contributed by atoms with van der Waals surface area (Å²) in [5.74, 6) is -1.05.